The molecule has 0 saturated carbocycles. The van der Waals surface area contributed by atoms with Crippen LogP contribution in [0.15, 0.2) is 42.6 Å². The first-order chi connectivity index (χ1) is 8.66. The number of aromatic hydroxyl groups is 1. The molecule has 0 aliphatic rings. The normalized spacial score (nSPS) is 10.1. The van der Waals surface area contributed by atoms with Crippen LogP contribution in [-0.4, -0.2) is 16.0 Å². The predicted octanol–water partition coefficient (Wildman–Crippen LogP) is 2.37. The number of carbonyl (C=O) groups excluding carboxylic acids is 1. The topological polar surface area (TPSA) is 62.2 Å². The Labute approximate surface area is 109 Å². The zero-order valence-electron chi connectivity index (χ0n) is 9.43. The van der Waals surface area contributed by atoms with Gasteiger partial charge >= 0.3 is 0 Å². The van der Waals surface area contributed by atoms with Crippen LogP contribution in [0.2, 0.25) is 5.15 Å². The lowest BCUT2D eigenvalue weighted by atomic mass is 10.2. The van der Waals surface area contributed by atoms with Gasteiger partial charge in [-0.1, -0.05) is 29.8 Å². The van der Waals surface area contributed by atoms with E-state index in [4.69, 9.17) is 11.6 Å². The fourth-order valence-electron chi connectivity index (χ4n) is 1.45. The lowest BCUT2D eigenvalue weighted by molar-refractivity contribution is 0.0950. The van der Waals surface area contributed by atoms with Gasteiger partial charge in [-0.25, -0.2) is 4.98 Å². The number of amides is 1. The molecule has 4 nitrogen and oxygen atoms in total. The number of benzene rings is 1. The van der Waals surface area contributed by atoms with Gasteiger partial charge in [0.1, 0.15) is 10.9 Å². The van der Waals surface area contributed by atoms with Crippen molar-refractivity contribution < 1.29 is 9.90 Å². The Balaban J connectivity index is 2.01. The monoisotopic (exact) mass is 262 g/mol. The molecule has 0 fully saturated rings. The molecule has 0 aliphatic carbocycles. The Bertz CT molecular complexity index is 555. The van der Waals surface area contributed by atoms with Crippen LogP contribution in [0.4, 0.5) is 0 Å². The average Bonchev–Trinajstić information content (AvgIpc) is 2.38. The van der Waals surface area contributed by atoms with Gasteiger partial charge in [-0.3, -0.25) is 4.79 Å². The van der Waals surface area contributed by atoms with Crippen LogP contribution in [0.1, 0.15) is 15.9 Å². The van der Waals surface area contributed by atoms with E-state index in [9.17, 15) is 9.90 Å². The Morgan fingerprint density at radius 1 is 1.28 bits per heavy atom. The fourth-order valence-corrected chi connectivity index (χ4v) is 1.56. The van der Waals surface area contributed by atoms with Crippen LogP contribution in [-0.2, 0) is 6.54 Å². The van der Waals surface area contributed by atoms with Gasteiger partial charge in [-0.05, 0) is 18.2 Å². The summed E-state index contributed by atoms with van der Waals surface area (Å²) in [6, 6.07) is 9.99. The summed E-state index contributed by atoms with van der Waals surface area (Å²) in [6.07, 6.45) is 1.41. The Morgan fingerprint density at radius 3 is 2.72 bits per heavy atom. The summed E-state index contributed by atoms with van der Waals surface area (Å²) in [5, 5.41) is 12.6. The van der Waals surface area contributed by atoms with Crippen LogP contribution in [0.25, 0.3) is 0 Å². The molecule has 92 valence electrons. The van der Waals surface area contributed by atoms with E-state index in [-0.39, 0.29) is 18.2 Å². The average molecular weight is 263 g/mol. The van der Waals surface area contributed by atoms with Crippen molar-refractivity contribution in [1.29, 1.82) is 0 Å². The summed E-state index contributed by atoms with van der Waals surface area (Å²) in [7, 11) is 0. The standard InChI is InChI=1S/C13H11ClN2O2/c14-12-6-5-10(8-15-12)13(18)16-7-9-3-1-2-4-11(9)17/h1-6,8,17H,7H2,(H,16,18). The molecule has 0 spiro atoms. The van der Waals surface area contributed by atoms with Gasteiger partial charge in [0.2, 0.25) is 0 Å². The number of carbonyl (C=O) groups is 1. The highest BCUT2D eigenvalue weighted by molar-refractivity contribution is 6.29. The van der Waals surface area contributed by atoms with Crippen molar-refractivity contribution in [2.24, 2.45) is 0 Å². The molecule has 1 amide bonds. The first-order valence-corrected chi connectivity index (χ1v) is 5.71. The van der Waals surface area contributed by atoms with E-state index in [2.05, 4.69) is 10.3 Å². The highest BCUT2D eigenvalue weighted by atomic mass is 35.5. The molecule has 0 atom stereocenters. The SMILES string of the molecule is O=C(NCc1ccccc1O)c1ccc(Cl)nc1. The molecule has 2 N–H and O–H groups in total. The smallest absolute Gasteiger partial charge is 0.253 e. The van der Waals surface area contributed by atoms with Gasteiger partial charge in [0.05, 0.1) is 5.56 Å². The van der Waals surface area contributed by atoms with E-state index in [1.165, 1.54) is 6.20 Å². The van der Waals surface area contributed by atoms with E-state index in [1.54, 1.807) is 36.4 Å². The second kappa shape index (κ2) is 5.51. The highest BCUT2D eigenvalue weighted by Gasteiger charge is 2.06. The van der Waals surface area contributed by atoms with Crippen molar-refractivity contribution in [1.82, 2.24) is 10.3 Å². The Kier molecular flexibility index (Phi) is 3.79. The van der Waals surface area contributed by atoms with E-state index in [0.29, 0.717) is 16.3 Å². The number of pyridine rings is 1. The molecule has 0 saturated heterocycles. The second-order valence-corrected chi connectivity index (χ2v) is 4.07. The molecular weight excluding hydrogens is 252 g/mol. The quantitative estimate of drug-likeness (QED) is 0.835. The summed E-state index contributed by atoms with van der Waals surface area (Å²) in [4.78, 5) is 15.6. The van der Waals surface area contributed by atoms with Crippen LogP contribution < -0.4 is 5.32 Å². The maximum Gasteiger partial charge on any atom is 0.253 e. The first-order valence-electron chi connectivity index (χ1n) is 5.33. The fraction of sp³-hybridized carbons (Fsp3) is 0.0769. The van der Waals surface area contributed by atoms with E-state index >= 15 is 0 Å². The summed E-state index contributed by atoms with van der Waals surface area (Å²) in [5.41, 5.74) is 1.09. The highest BCUT2D eigenvalue weighted by Crippen LogP contribution is 2.15. The maximum absolute atomic E-state index is 11.8. The van der Waals surface area contributed by atoms with Crippen molar-refractivity contribution >= 4 is 17.5 Å². The number of nitrogens with zero attached hydrogens (tertiary/aromatic N) is 1. The molecule has 5 heteroatoms. The molecule has 2 rings (SSSR count). The van der Waals surface area contributed by atoms with Gasteiger partial charge in [0.25, 0.3) is 5.91 Å². The molecule has 0 radical (unpaired) electrons. The largest absolute Gasteiger partial charge is 0.508 e. The van der Waals surface area contributed by atoms with Gasteiger partial charge < -0.3 is 10.4 Å². The summed E-state index contributed by atoms with van der Waals surface area (Å²) in [6.45, 7) is 0.258. The van der Waals surface area contributed by atoms with Crippen LogP contribution in [0.5, 0.6) is 5.75 Å². The number of hydrogen-bond donors (Lipinski definition) is 2. The number of phenols is 1. The number of phenolic OH excluding ortho intramolecular Hbond substituents is 1. The Morgan fingerprint density at radius 2 is 2.06 bits per heavy atom. The molecule has 0 aliphatic heterocycles. The lowest BCUT2D eigenvalue weighted by Gasteiger charge is -2.06. The molecule has 1 aromatic heterocycles. The van der Waals surface area contributed by atoms with E-state index in [1.807, 2.05) is 0 Å². The molecular formula is C13H11ClN2O2. The summed E-state index contributed by atoms with van der Waals surface area (Å²) in [5.74, 6) is -0.102. The first kappa shape index (κ1) is 12.4. The number of halogens is 1. The maximum atomic E-state index is 11.8. The van der Waals surface area contributed by atoms with Gasteiger partial charge in [-0.15, -0.1) is 0 Å². The van der Waals surface area contributed by atoms with Crippen molar-refractivity contribution in [2.75, 3.05) is 0 Å². The molecule has 0 unspecified atom stereocenters. The zero-order chi connectivity index (χ0) is 13.0. The zero-order valence-corrected chi connectivity index (χ0v) is 10.2. The van der Waals surface area contributed by atoms with Crippen molar-refractivity contribution in [2.45, 2.75) is 6.54 Å². The summed E-state index contributed by atoms with van der Waals surface area (Å²) < 4.78 is 0. The molecule has 1 heterocycles. The van der Waals surface area contributed by atoms with Crippen molar-refractivity contribution in [3.8, 4) is 5.75 Å². The van der Waals surface area contributed by atoms with Crippen molar-refractivity contribution in [3.05, 3.63) is 58.9 Å². The molecule has 0 bridgehead atoms. The molecule has 1 aromatic carbocycles. The number of para-hydroxylation sites is 1. The van der Waals surface area contributed by atoms with Gasteiger partial charge in [0.15, 0.2) is 0 Å². The third-order valence-corrected chi connectivity index (χ3v) is 2.64. The number of nitrogens with one attached hydrogen (secondary N) is 1. The van der Waals surface area contributed by atoms with E-state index < -0.39 is 0 Å². The predicted molar refractivity (Wildman–Crippen MR) is 68.5 cm³/mol. The second-order valence-electron chi connectivity index (χ2n) is 3.68. The van der Waals surface area contributed by atoms with Crippen molar-refractivity contribution in [3.63, 3.8) is 0 Å². The van der Waals surface area contributed by atoms with Crippen LogP contribution in [0.3, 0.4) is 0 Å². The van der Waals surface area contributed by atoms with Crippen LogP contribution in [0, 0.1) is 0 Å². The van der Waals surface area contributed by atoms with E-state index in [0.717, 1.165) is 0 Å². The Hall–Kier alpha value is -2.07. The minimum Gasteiger partial charge on any atom is -0.508 e. The van der Waals surface area contributed by atoms with Crippen LogP contribution >= 0.6 is 11.6 Å². The number of hydrogen-bond acceptors (Lipinski definition) is 3. The minimum atomic E-state index is -0.262. The summed E-state index contributed by atoms with van der Waals surface area (Å²) >= 11 is 5.63. The molecule has 18 heavy (non-hydrogen) atoms. The van der Waals surface area contributed by atoms with Gasteiger partial charge in [0, 0.05) is 18.3 Å². The number of rotatable bonds is 3. The molecule has 2 aromatic rings. The lowest BCUT2D eigenvalue weighted by Crippen LogP contribution is -2.22. The third kappa shape index (κ3) is 2.99. The number of aromatic nitrogens is 1. The van der Waals surface area contributed by atoms with Gasteiger partial charge in [-0.2, -0.15) is 0 Å². The third-order valence-electron chi connectivity index (χ3n) is 2.42. The minimum absolute atomic E-state index is 0.159.